The summed E-state index contributed by atoms with van der Waals surface area (Å²) in [5.74, 6) is -1.32. The van der Waals surface area contributed by atoms with E-state index >= 15 is 0 Å². The highest BCUT2D eigenvalue weighted by Gasteiger charge is 2.19. The van der Waals surface area contributed by atoms with Crippen LogP contribution in [0.4, 0.5) is 0 Å². The molecule has 29 heavy (non-hydrogen) atoms. The quantitative estimate of drug-likeness (QED) is 0.563. The lowest BCUT2D eigenvalue weighted by Gasteiger charge is -2.08. The molecule has 0 spiro atoms. The number of aromatic nitrogens is 1. The maximum atomic E-state index is 12.6. The summed E-state index contributed by atoms with van der Waals surface area (Å²) >= 11 is 0. The predicted molar refractivity (Wildman–Crippen MR) is 107 cm³/mol. The van der Waals surface area contributed by atoms with Crippen LogP contribution in [0, 0.1) is 6.92 Å². The second kappa shape index (κ2) is 8.62. The summed E-state index contributed by atoms with van der Waals surface area (Å²) in [4.78, 5) is 23.8. The van der Waals surface area contributed by atoms with E-state index in [2.05, 4.69) is 4.72 Å². The van der Waals surface area contributed by atoms with E-state index in [0.717, 1.165) is 15.7 Å². The number of rotatable bonds is 8. The van der Waals surface area contributed by atoms with E-state index in [4.69, 9.17) is 9.15 Å². The fourth-order valence-corrected chi connectivity index (χ4v) is 3.87. The zero-order valence-corrected chi connectivity index (χ0v) is 17.0. The Morgan fingerprint density at radius 2 is 2.00 bits per heavy atom. The third-order valence-corrected chi connectivity index (χ3v) is 5.65. The van der Waals surface area contributed by atoms with Gasteiger partial charge in [-0.05, 0) is 31.0 Å². The summed E-state index contributed by atoms with van der Waals surface area (Å²) in [6.07, 6.45) is 0.670. The van der Waals surface area contributed by atoms with Gasteiger partial charge in [0.2, 0.25) is 10.0 Å². The van der Waals surface area contributed by atoms with Gasteiger partial charge in [-0.3, -0.25) is 9.36 Å². The molecule has 0 bridgehead atoms. The number of fused-ring (bicyclic) bond motifs is 1. The van der Waals surface area contributed by atoms with Crippen LogP contribution in [0.5, 0.6) is 0 Å². The minimum absolute atomic E-state index is 0.0351. The van der Waals surface area contributed by atoms with Gasteiger partial charge in [0.1, 0.15) is 6.54 Å². The second-order valence-electron chi connectivity index (χ2n) is 6.62. The SMILES string of the molecule is CCCOC(=O)Cn1c(=O)oc2cc(S(=O)(=O)NCc3cccc(C)c3)ccc21. The van der Waals surface area contributed by atoms with E-state index in [1.54, 1.807) is 0 Å². The summed E-state index contributed by atoms with van der Waals surface area (Å²) in [7, 11) is -3.81. The Bertz CT molecular complexity index is 1190. The largest absolute Gasteiger partial charge is 0.464 e. The summed E-state index contributed by atoms with van der Waals surface area (Å²) in [5.41, 5.74) is 2.26. The van der Waals surface area contributed by atoms with Crippen molar-refractivity contribution in [3.05, 3.63) is 64.1 Å². The van der Waals surface area contributed by atoms with E-state index < -0.39 is 21.7 Å². The number of nitrogens with zero attached hydrogens (tertiary/aromatic N) is 1. The Hall–Kier alpha value is -2.91. The van der Waals surface area contributed by atoms with Gasteiger partial charge in [-0.25, -0.2) is 17.9 Å². The van der Waals surface area contributed by atoms with E-state index in [1.807, 2.05) is 38.1 Å². The van der Waals surface area contributed by atoms with E-state index in [9.17, 15) is 18.0 Å². The maximum Gasteiger partial charge on any atom is 0.420 e. The van der Waals surface area contributed by atoms with E-state index in [0.29, 0.717) is 11.9 Å². The molecule has 0 fully saturated rings. The van der Waals surface area contributed by atoms with Crippen LogP contribution < -0.4 is 10.5 Å². The number of hydrogen-bond acceptors (Lipinski definition) is 6. The molecule has 1 N–H and O–H groups in total. The first-order valence-electron chi connectivity index (χ1n) is 9.14. The van der Waals surface area contributed by atoms with Crippen molar-refractivity contribution in [1.82, 2.24) is 9.29 Å². The third-order valence-electron chi connectivity index (χ3n) is 4.25. The molecule has 154 valence electrons. The molecule has 3 rings (SSSR count). The molecule has 0 radical (unpaired) electrons. The van der Waals surface area contributed by atoms with Crippen LogP contribution in [0.2, 0.25) is 0 Å². The first kappa shape index (κ1) is 20.8. The standard InChI is InChI=1S/C20H22N2O6S/c1-3-9-27-19(23)13-22-17-8-7-16(11-18(17)28-20(22)24)29(25,26)21-12-15-6-4-5-14(2)10-15/h4-8,10-11,21H,3,9,12-13H2,1-2H3. The molecule has 0 aliphatic heterocycles. The number of carbonyl (C=O) groups excluding carboxylic acids is 1. The van der Waals surface area contributed by atoms with Gasteiger partial charge in [0, 0.05) is 12.6 Å². The number of ether oxygens (including phenoxy) is 1. The Morgan fingerprint density at radius 3 is 2.72 bits per heavy atom. The number of esters is 1. The van der Waals surface area contributed by atoms with Crippen molar-refractivity contribution >= 4 is 27.1 Å². The van der Waals surface area contributed by atoms with Crippen molar-refractivity contribution in [2.45, 2.75) is 38.3 Å². The molecule has 0 unspecified atom stereocenters. The van der Waals surface area contributed by atoms with Crippen molar-refractivity contribution in [2.75, 3.05) is 6.61 Å². The van der Waals surface area contributed by atoms with E-state index in [-0.39, 0.29) is 30.2 Å². The average Bonchev–Trinajstić information content (AvgIpc) is 2.99. The van der Waals surface area contributed by atoms with Crippen LogP contribution in [0.25, 0.3) is 11.1 Å². The van der Waals surface area contributed by atoms with Crippen molar-refractivity contribution in [3.8, 4) is 0 Å². The zero-order valence-electron chi connectivity index (χ0n) is 16.2. The molecule has 0 saturated carbocycles. The number of benzene rings is 2. The number of aryl methyl sites for hydroxylation is 1. The van der Waals surface area contributed by atoms with Gasteiger partial charge in [-0.2, -0.15) is 0 Å². The fraction of sp³-hybridized carbons (Fsp3) is 0.300. The molecule has 0 saturated heterocycles. The molecule has 9 heteroatoms. The maximum absolute atomic E-state index is 12.6. The van der Waals surface area contributed by atoms with Crippen LogP contribution in [0.15, 0.2) is 56.6 Å². The van der Waals surface area contributed by atoms with Gasteiger partial charge < -0.3 is 9.15 Å². The summed E-state index contributed by atoms with van der Waals surface area (Å²) in [5, 5.41) is 0. The molecule has 1 heterocycles. The van der Waals surface area contributed by atoms with E-state index in [1.165, 1.54) is 18.2 Å². The fourth-order valence-electron chi connectivity index (χ4n) is 2.84. The van der Waals surface area contributed by atoms with Gasteiger partial charge in [-0.1, -0.05) is 36.8 Å². The molecule has 0 atom stereocenters. The first-order chi connectivity index (χ1) is 13.8. The van der Waals surface area contributed by atoms with Crippen molar-refractivity contribution in [2.24, 2.45) is 0 Å². The number of nitrogens with one attached hydrogen (secondary N) is 1. The second-order valence-corrected chi connectivity index (χ2v) is 8.38. The highest BCUT2D eigenvalue weighted by atomic mass is 32.2. The zero-order chi connectivity index (χ0) is 21.0. The van der Waals surface area contributed by atoms with Gasteiger partial charge in [0.05, 0.1) is 17.0 Å². The minimum Gasteiger partial charge on any atom is -0.464 e. The van der Waals surface area contributed by atoms with Gasteiger partial charge in [0.25, 0.3) is 0 Å². The lowest BCUT2D eigenvalue weighted by atomic mass is 10.1. The topological polar surface area (TPSA) is 108 Å². The molecule has 0 aliphatic carbocycles. The molecule has 3 aromatic rings. The monoisotopic (exact) mass is 418 g/mol. The number of oxazole rings is 1. The Labute approximate surface area is 168 Å². The Balaban J connectivity index is 1.82. The predicted octanol–water partition coefficient (Wildman–Crippen LogP) is 2.33. The van der Waals surface area contributed by atoms with Crippen molar-refractivity contribution in [3.63, 3.8) is 0 Å². The highest BCUT2D eigenvalue weighted by molar-refractivity contribution is 7.89. The minimum atomic E-state index is -3.81. The molecule has 0 amide bonds. The normalized spacial score (nSPS) is 11.7. The van der Waals surface area contributed by atoms with Crippen LogP contribution >= 0.6 is 0 Å². The molecule has 2 aromatic carbocycles. The summed E-state index contributed by atoms with van der Waals surface area (Å²) in [6.45, 7) is 3.89. The Kier molecular flexibility index (Phi) is 6.19. The third kappa shape index (κ3) is 4.93. The average molecular weight is 418 g/mol. The molecule has 1 aromatic heterocycles. The summed E-state index contributed by atoms with van der Waals surface area (Å²) < 4.78 is 39.0. The summed E-state index contributed by atoms with van der Waals surface area (Å²) in [6, 6.07) is 11.6. The van der Waals surface area contributed by atoms with Gasteiger partial charge in [0.15, 0.2) is 5.58 Å². The van der Waals surface area contributed by atoms with Crippen LogP contribution in [0.3, 0.4) is 0 Å². The van der Waals surface area contributed by atoms with Gasteiger partial charge >= 0.3 is 11.7 Å². The number of sulfonamides is 1. The lowest BCUT2D eigenvalue weighted by Crippen LogP contribution is -2.23. The highest BCUT2D eigenvalue weighted by Crippen LogP contribution is 2.19. The number of hydrogen-bond donors (Lipinski definition) is 1. The van der Waals surface area contributed by atoms with Crippen LogP contribution in [-0.4, -0.2) is 25.6 Å². The number of carbonyl (C=O) groups is 1. The van der Waals surface area contributed by atoms with Crippen LogP contribution in [-0.2, 0) is 32.6 Å². The molecule has 0 aliphatic rings. The molecular formula is C20H22N2O6S. The smallest absolute Gasteiger partial charge is 0.420 e. The lowest BCUT2D eigenvalue weighted by molar-refractivity contribution is -0.144. The molecular weight excluding hydrogens is 396 g/mol. The van der Waals surface area contributed by atoms with Gasteiger partial charge in [-0.15, -0.1) is 0 Å². The van der Waals surface area contributed by atoms with Crippen molar-refractivity contribution < 1.29 is 22.4 Å². The van der Waals surface area contributed by atoms with Crippen LogP contribution in [0.1, 0.15) is 24.5 Å². The Morgan fingerprint density at radius 1 is 1.21 bits per heavy atom. The first-order valence-corrected chi connectivity index (χ1v) is 10.6. The molecule has 8 nitrogen and oxygen atoms in total. The van der Waals surface area contributed by atoms with Crippen molar-refractivity contribution in [1.29, 1.82) is 0 Å².